The Balaban J connectivity index is 1.29. The number of alkyl halides is 2. The van der Waals surface area contributed by atoms with E-state index in [9.17, 15) is 8.78 Å². The molecule has 1 atom stereocenters. The second-order valence-electron chi connectivity index (χ2n) is 8.13. The maximum Gasteiger partial charge on any atom is 0.387 e. The van der Waals surface area contributed by atoms with Gasteiger partial charge in [-0.2, -0.15) is 8.78 Å². The molecule has 5 nitrogen and oxygen atoms in total. The molecule has 32 heavy (non-hydrogen) atoms. The zero-order valence-electron chi connectivity index (χ0n) is 17.3. The molecule has 1 fully saturated rings. The molecule has 1 spiro atoms. The number of nitrogens with zero attached hydrogens (tertiary/aromatic N) is 3. The van der Waals surface area contributed by atoms with E-state index in [1.54, 1.807) is 24.4 Å². The fourth-order valence-corrected chi connectivity index (χ4v) is 4.77. The van der Waals surface area contributed by atoms with Crippen molar-refractivity contribution in [2.24, 2.45) is 0 Å². The first-order valence-electron chi connectivity index (χ1n) is 10.5. The fraction of sp³-hybridized carbons (Fsp3) is 0.333. The van der Waals surface area contributed by atoms with Crippen LogP contribution in [0, 0.1) is 0 Å². The van der Waals surface area contributed by atoms with Crippen LogP contribution < -0.4 is 4.74 Å². The molecule has 0 amide bonds. The lowest BCUT2D eigenvalue weighted by atomic mass is 9.86. The highest BCUT2D eigenvalue weighted by Crippen LogP contribution is 2.50. The Kier molecular flexibility index (Phi) is 5.80. The Hall–Kier alpha value is -2.61. The molecular formula is C24H22ClF2N3O2. The number of rotatable bonds is 5. The number of benzene rings is 1. The van der Waals surface area contributed by atoms with Crippen LogP contribution in [0.4, 0.5) is 8.78 Å². The van der Waals surface area contributed by atoms with Crippen LogP contribution >= 0.6 is 11.6 Å². The number of halogens is 3. The molecule has 0 aliphatic carbocycles. The average Bonchev–Trinajstić information content (AvgIpc) is 3.11. The Bertz CT molecular complexity index is 1090. The third-order valence-electron chi connectivity index (χ3n) is 6.13. The fourth-order valence-electron chi connectivity index (χ4n) is 4.60. The van der Waals surface area contributed by atoms with Crippen LogP contribution in [0.5, 0.6) is 5.75 Å². The van der Waals surface area contributed by atoms with Crippen molar-refractivity contribution in [1.82, 2.24) is 14.9 Å². The number of pyridine rings is 2. The van der Waals surface area contributed by atoms with Crippen LogP contribution in [0.1, 0.15) is 41.5 Å². The van der Waals surface area contributed by atoms with E-state index in [1.807, 2.05) is 30.5 Å². The molecule has 0 bridgehead atoms. The van der Waals surface area contributed by atoms with Crippen molar-refractivity contribution in [3.8, 4) is 5.75 Å². The van der Waals surface area contributed by atoms with E-state index in [4.69, 9.17) is 21.3 Å². The number of aromatic nitrogens is 2. The quantitative estimate of drug-likeness (QED) is 0.517. The van der Waals surface area contributed by atoms with E-state index >= 15 is 0 Å². The molecule has 166 valence electrons. The Morgan fingerprint density at radius 3 is 2.59 bits per heavy atom. The van der Waals surface area contributed by atoms with E-state index in [-0.39, 0.29) is 11.9 Å². The molecule has 1 saturated heterocycles. The normalized spacial score (nSPS) is 19.9. The molecule has 0 saturated carbocycles. The summed E-state index contributed by atoms with van der Waals surface area (Å²) in [5.41, 5.74) is 3.42. The van der Waals surface area contributed by atoms with Gasteiger partial charge in [-0.1, -0.05) is 29.8 Å². The van der Waals surface area contributed by atoms with Gasteiger partial charge in [-0.25, -0.2) is 0 Å². The number of piperidine rings is 1. The summed E-state index contributed by atoms with van der Waals surface area (Å²) in [5.74, 6) is 0.170. The molecule has 1 unspecified atom stereocenters. The van der Waals surface area contributed by atoms with E-state index < -0.39 is 12.2 Å². The van der Waals surface area contributed by atoms with E-state index in [0.29, 0.717) is 5.02 Å². The molecule has 0 radical (unpaired) electrons. The third kappa shape index (κ3) is 4.20. The minimum atomic E-state index is -2.81. The molecule has 3 aromatic rings. The monoisotopic (exact) mass is 457 g/mol. The van der Waals surface area contributed by atoms with Gasteiger partial charge < -0.3 is 9.47 Å². The van der Waals surface area contributed by atoms with Gasteiger partial charge in [0.15, 0.2) is 0 Å². The Labute approximate surface area is 190 Å². The molecule has 8 heteroatoms. The standard InChI is InChI=1S/C24H22ClF2N3O2/c25-17-7-11-28-20(14-17)21-19-2-1-10-29-22(19)24(32-21)8-12-30(13-9-24)15-16-3-5-18(6-4-16)31-23(26)27/h1-7,10-11,14,21,23H,8-9,12-13,15H2. The average molecular weight is 458 g/mol. The molecule has 2 aromatic heterocycles. The third-order valence-corrected chi connectivity index (χ3v) is 6.36. The second-order valence-corrected chi connectivity index (χ2v) is 8.57. The zero-order valence-corrected chi connectivity index (χ0v) is 18.0. The first-order valence-corrected chi connectivity index (χ1v) is 10.9. The minimum Gasteiger partial charge on any atom is -0.435 e. The zero-order chi connectivity index (χ0) is 22.1. The van der Waals surface area contributed by atoms with Crippen LogP contribution in [0.25, 0.3) is 0 Å². The van der Waals surface area contributed by atoms with Crippen molar-refractivity contribution in [2.45, 2.75) is 37.7 Å². The topological polar surface area (TPSA) is 47.5 Å². The lowest BCUT2D eigenvalue weighted by Crippen LogP contribution is -2.42. The van der Waals surface area contributed by atoms with Gasteiger partial charge in [-0.15, -0.1) is 0 Å². The van der Waals surface area contributed by atoms with Crippen molar-refractivity contribution in [2.75, 3.05) is 13.1 Å². The molecule has 2 aliphatic heterocycles. The van der Waals surface area contributed by atoms with Crippen molar-refractivity contribution < 1.29 is 18.3 Å². The van der Waals surface area contributed by atoms with E-state index in [1.165, 1.54) is 0 Å². The maximum atomic E-state index is 12.3. The summed E-state index contributed by atoms with van der Waals surface area (Å²) in [6.07, 6.45) is 4.84. The minimum absolute atomic E-state index is 0.170. The van der Waals surface area contributed by atoms with Crippen LogP contribution in [0.15, 0.2) is 60.9 Å². The number of ether oxygens (including phenoxy) is 2. The summed E-state index contributed by atoms with van der Waals surface area (Å²) in [6.45, 7) is -0.408. The number of fused-ring (bicyclic) bond motifs is 2. The molecular weight excluding hydrogens is 436 g/mol. The van der Waals surface area contributed by atoms with Gasteiger partial charge >= 0.3 is 6.61 Å². The van der Waals surface area contributed by atoms with Crippen LogP contribution in [0.3, 0.4) is 0 Å². The van der Waals surface area contributed by atoms with Crippen LogP contribution in [-0.2, 0) is 16.9 Å². The highest BCUT2D eigenvalue weighted by atomic mass is 35.5. The van der Waals surface area contributed by atoms with Crippen molar-refractivity contribution in [3.05, 3.63) is 88.5 Å². The van der Waals surface area contributed by atoms with Crippen molar-refractivity contribution in [3.63, 3.8) is 0 Å². The Morgan fingerprint density at radius 1 is 1.09 bits per heavy atom. The van der Waals surface area contributed by atoms with Crippen LogP contribution in [-0.4, -0.2) is 34.6 Å². The van der Waals surface area contributed by atoms with Gasteiger partial charge in [-0.3, -0.25) is 14.9 Å². The SMILES string of the molecule is FC(F)Oc1ccc(CN2CCC3(CC2)OC(c2cc(Cl)ccn2)c2cccnc23)cc1. The number of likely N-dealkylation sites (tertiary alicyclic amines) is 1. The lowest BCUT2D eigenvalue weighted by molar-refractivity contribution is -0.101. The molecule has 4 heterocycles. The molecule has 5 rings (SSSR count). The first kappa shape index (κ1) is 21.2. The van der Waals surface area contributed by atoms with Crippen molar-refractivity contribution in [1.29, 1.82) is 0 Å². The molecule has 1 aromatic carbocycles. The number of hydrogen-bond donors (Lipinski definition) is 0. The largest absolute Gasteiger partial charge is 0.435 e. The predicted octanol–water partition coefficient (Wildman–Crippen LogP) is 5.34. The highest BCUT2D eigenvalue weighted by molar-refractivity contribution is 6.30. The first-order chi connectivity index (χ1) is 15.5. The maximum absolute atomic E-state index is 12.3. The summed E-state index contributed by atoms with van der Waals surface area (Å²) in [5, 5.41) is 0.629. The van der Waals surface area contributed by atoms with Gasteiger partial charge in [0.2, 0.25) is 0 Å². The van der Waals surface area contributed by atoms with E-state index in [0.717, 1.165) is 55.0 Å². The van der Waals surface area contributed by atoms with Crippen molar-refractivity contribution >= 4 is 11.6 Å². The highest BCUT2D eigenvalue weighted by Gasteiger charge is 2.48. The van der Waals surface area contributed by atoms with Crippen LogP contribution in [0.2, 0.25) is 5.02 Å². The smallest absolute Gasteiger partial charge is 0.387 e. The predicted molar refractivity (Wildman–Crippen MR) is 116 cm³/mol. The second kappa shape index (κ2) is 8.73. The van der Waals surface area contributed by atoms with Gasteiger partial charge in [0.1, 0.15) is 17.5 Å². The summed E-state index contributed by atoms with van der Waals surface area (Å²) in [4.78, 5) is 11.5. The number of hydrogen-bond acceptors (Lipinski definition) is 5. The Morgan fingerprint density at radius 2 is 1.88 bits per heavy atom. The molecule has 0 N–H and O–H groups in total. The van der Waals surface area contributed by atoms with E-state index in [2.05, 4.69) is 20.7 Å². The van der Waals surface area contributed by atoms with Gasteiger partial charge in [0.05, 0.1) is 11.4 Å². The summed E-state index contributed by atoms with van der Waals surface area (Å²) in [7, 11) is 0. The van der Waals surface area contributed by atoms with Gasteiger partial charge in [0.25, 0.3) is 0 Å². The van der Waals surface area contributed by atoms with Gasteiger partial charge in [0, 0.05) is 42.6 Å². The lowest BCUT2D eigenvalue weighted by Gasteiger charge is -2.39. The van der Waals surface area contributed by atoms with Gasteiger partial charge in [-0.05, 0) is 48.7 Å². The molecule has 2 aliphatic rings. The summed E-state index contributed by atoms with van der Waals surface area (Å²) in [6, 6.07) is 14.4. The summed E-state index contributed by atoms with van der Waals surface area (Å²) < 4.78 is 35.8. The summed E-state index contributed by atoms with van der Waals surface area (Å²) >= 11 is 6.20.